The SMILES string of the molecule is Cn1ncc(NC(=O)Cn2ccc3cccnc32)n1. The largest absolute Gasteiger partial charge is 0.323 e. The molecule has 96 valence electrons. The van der Waals surface area contributed by atoms with Crippen LogP contribution in [0.3, 0.4) is 0 Å². The lowest BCUT2D eigenvalue weighted by molar-refractivity contribution is -0.116. The smallest absolute Gasteiger partial charge is 0.245 e. The van der Waals surface area contributed by atoms with E-state index in [4.69, 9.17) is 0 Å². The standard InChI is InChI=1S/C12H12N6O/c1-17-14-7-10(16-17)15-11(19)8-18-6-4-9-3-2-5-13-12(9)18/h2-7H,8H2,1H3,(H,15,16,19). The van der Waals surface area contributed by atoms with Crippen LogP contribution >= 0.6 is 0 Å². The zero-order valence-electron chi connectivity index (χ0n) is 10.3. The predicted octanol–water partition coefficient (Wildman–Crippen LogP) is 0.803. The lowest BCUT2D eigenvalue weighted by Gasteiger charge is -2.04. The Morgan fingerprint density at radius 2 is 2.32 bits per heavy atom. The van der Waals surface area contributed by atoms with Gasteiger partial charge in [-0.05, 0) is 18.2 Å². The first kappa shape index (κ1) is 11.4. The molecular weight excluding hydrogens is 244 g/mol. The van der Waals surface area contributed by atoms with Crippen LogP contribution < -0.4 is 5.32 Å². The molecule has 0 saturated heterocycles. The number of aromatic nitrogens is 5. The minimum absolute atomic E-state index is 0.163. The summed E-state index contributed by atoms with van der Waals surface area (Å²) in [5.41, 5.74) is 0.789. The minimum atomic E-state index is -0.163. The fourth-order valence-corrected chi connectivity index (χ4v) is 1.89. The first-order chi connectivity index (χ1) is 9.22. The maximum atomic E-state index is 11.9. The number of nitrogens with one attached hydrogen (secondary N) is 1. The van der Waals surface area contributed by atoms with Crippen LogP contribution in [0.2, 0.25) is 0 Å². The van der Waals surface area contributed by atoms with Gasteiger partial charge < -0.3 is 9.88 Å². The molecule has 0 aliphatic carbocycles. The highest BCUT2D eigenvalue weighted by Gasteiger charge is 2.08. The third kappa shape index (κ3) is 2.30. The Morgan fingerprint density at radius 3 is 3.11 bits per heavy atom. The maximum Gasteiger partial charge on any atom is 0.245 e. The van der Waals surface area contributed by atoms with Crippen molar-refractivity contribution in [1.82, 2.24) is 24.5 Å². The van der Waals surface area contributed by atoms with Crippen LogP contribution in [0.15, 0.2) is 36.8 Å². The van der Waals surface area contributed by atoms with Gasteiger partial charge in [0, 0.05) is 24.8 Å². The molecule has 0 aliphatic heterocycles. The number of rotatable bonds is 3. The third-order valence-electron chi connectivity index (χ3n) is 2.70. The average Bonchev–Trinajstić information content (AvgIpc) is 2.97. The van der Waals surface area contributed by atoms with E-state index in [9.17, 15) is 4.79 Å². The summed E-state index contributed by atoms with van der Waals surface area (Å²) in [6.45, 7) is 0.192. The molecule has 1 N–H and O–H groups in total. The highest BCUT2D eigenvalue weighted by molar-refractivity contribution is 5.90. The number of nitrogens with zero attached hydrogens (tertiary/aromatic N) is 5. The van der Waals surface area contributed by atoms with Gasteiger partial charge in [0.1, 0.15) is 12.2 Å². The summed E-state index contributed by atoms with van der Waals surface area (Å²) in [5, 5.41) is 11.6. The Morgan fingerprint density at radius 1 is 1.42 bits per heavy atom. The van der Waals surface area contributed by atoms with E-state index in [0.717, 1.165) is 11.0 Å². The van der Waals surface area contributed by atoms with E-state index < -0.39 is 0 Å². The number of amides is 1. The highest BCUT2D eigenvalue weighted by atomic mass is 16.2. The molecule has 7 heteroatoms. The van der Waals surface area contributed by atoms with Crippen LogP contribution in [0, 0.1) is 0 Å². The Kier molecular flexibility index (Phi) is 2.71. The second-order valence-electron chi connectivity index (χ2n) is 4.13. The van der Waals surface area contributed by atoms with Crippen molar-refractivity contribution in [3.8, 4) is 0 Å². The molecule has 0 unspecified atom stereocenters. The molecule has 0 fully saturated rings. The molecule has 3 aromatic rings. The number of aryl methyl sites for hydroxylation is 1. The van der Waals surface area contributed by atoms with Gasteiger partial charge >= 0.3 is 0 Å². The summed E-state index contributed by atoms with van der Waals surface area (Å²) in [4.78, 5) is 17.5. The Balaban J connectivity index is 1.76. The Hall–Kier alpha value is -2.70. The predicted molar refractivity (Wildman–Crippen MR) is 69.4 cm³/mol. The van der Waals surface area contributed by atoms with Crippen molar-refractivity contribution in [2.24, 2.45) is 7.05 Å². The van der Waals surface area contributed by atoms with Gasteiger partial charge in [-0.15, -0.1) is 5.10 Å². The second-order valence-corrected chi connectivity index (χ2v) is 4.13. The summed E-state index contributed by atoms with van der Waals surface area (Å²) in [6, 6.07) is 5.75. The molecule has 1 amide bonds. The van der Waals surface area contributed by atoms with E-state index in [1.807, 2.05) is 24.4 Å². The summed E-state index contributed by atoms with van der Waals surface area (Å²) < 4.78 is 1.79. The quantitative estimate of drug-likeness (QED) is 0.752. The molecule has 0 radical (unpaired) electrons. The number of pyridine rings is 1. The Labute approximate surface area is 108 Å². The van der Waals surface area contributed by atoms with Crippen LogP contribution in [0.5, 0.6) is 0 Å². The lowest BCUT2D eigenvalue weighted by Crippen LogP contribution is -2.18. The van der Waals surface area contributed by atoms with Gasteiger partial charge in [0.2, 0.25) is 5.91 Å². The molecule has 19 heavy (non-hydrogen) atoms. The maximum absolute atomic E-state index is 11.9. The van der Waals surface area contributed by atoms with E-state index in [0.29, 0.717) is 5.82 Å². The van der Waals surface area contributed by atoms with Crippen molar-refractivity contribution in [3.05, 3.63) is 36.8 Å². The van der Waals surface area contributed by atoms with Crippen molar-refractivity contribution >= 4 is 22.8 Å². The molecule has 3 heterocycles. The molecule has 0 spiro atoms. The van der Waals surface area contributed by atoms with Crippen molar-refractivity contribution in [2.75, 3.05) is 5.32 Å². The van der Waals surface area contributed by atoms with Crippen LogP contribution in [0.25, 0.3) is 11.0 Å². The number of hydrogen-bond donors (Lipinski definition) is 1. The molecule has 3 rings (SSSR count). The number of carbonyl (C=O) groups excluding carboxylic acids is 1. The van der Waals surface area contributed by atoms with E-state index in [2.05, 4.69) is 20.5 Å². The zero-order chi connectivity index (χ0) is 13.2. The van der Waals surface area contributed by atoms with Crippen LogP contribution in [0.4, 0.5) is 5.82 Å². The van der Waals surface area contributed by atoms with E-state index in [1.165, 1.54) is 11.0 Å². The van der Waals surface area contributed by atoms with Crippen LogP contribution in [-0.2, 0) is 18.4 Å². The number of hydrogen-bond acceptors (Lipinski definition) is 4. The normalized spacial score (nSPS) is 10.8. The first-order valence-electron chi connectivity index (χ1n) is 5.78. The van der Waals surface area contributed by atoms with E-state index >= 15 is 0 Å². The highest BCUT2D eigenvalue weighted by Crippen LogP contribution is 2.12. The van der Waals surface area contributed by atoms with E-state index in [-0.39, 0.29) is 12.5 Å². The summed E-state index contributed by atoms with van der Waals surface area (Å²) in [6.07, 6.45) is 5.05. The molecular formula is C12H12N6O. The van der Waals surface area contributed by atoms with Crippen molar-refractivity contribution in [2.45, 2.75) is 6.54 Å². The molecule has 0 aromatic carbocycles. The fraction of sp³-hybridized carbons (Fsp3) is 0.167. The summed E-state index contributed by atoms with van der Waals surface area (Å²) in [5.74, 6) is 0.278. The summed E-state index contributed by atoms with van der Waals surface area (Å²) in [7, 11) is 1.69. The zero-order valence-corrected chi connectivity index (χ0v) is 10.3. The van der Waals surface area contributed by atoms with Crippen molar-refractivity contribution < 1.29 is 4.79 Å². The molecule has 0 saturated carbocycles. The Bertz CT molecular complexity index is 728. The number of anilines is 1. The van der Waals surface area contributed by atoms with Crippen molar-refractivity contribution in [3.63, 3.8) is 0 Å². The van der Waals surface area contributed by atoms with Crippen LogP contribution in [-0.4, -0.2) is 30.5 Å². The molecule has 0 aliphatic rings. The third-order valence-corrected chi connectivity index (χ3v) is 2.70. The topological polar surface area (TPSA) is 77.6 Å². The van der Waals surface area contributed by atoms with Gasteiger partial charge in [-0.25, -0.2) is 4.98 Å². The fourth-order valence-electron chi connectivity index (χ4n) is 1.89. The second kappa shape index (κ2) is 4.52. The minimum Gasteiger partial charge on any atom is -0.323 e. The number of fused-ring (bicyclic) bond motifs is 1. The lowest BCUT2D eigenvalue weighted by atomic mass is 10.3. The monoisotopic (exact) mass is 256 g/mol. The molecule has 0 atom stereocenters. The van der Waals surface area contributed by atoms with Gasteiger partial charge in [0.25, 0.3) is 0 Å². The molecule has 3 aromatic heterocycles. The molecule has 7 nitrogen and oxygen atoms in total. The van der Waals surface area contributed by atoms with Gasteiger partial charge in [-0.3, -0.25) is 4.79 Å². The number of carbonyl (C=O) groups is 1. The van der Waals surface area contributed by atoms with Crippen LogP contribution in [0.1, 0.15) is 0 Å². The van der Waals surface area contributed by atoms with Gasteiger partial charge in [-0.1, -0.05) is 0 Å². The van der Waals surface area contributed by atoms with Gasteiger partial charge in [-0.2, -0.15) is 9.90 Å². The van der Waals surface area contributed by atoms with Crippen molar-refractivity contribution in [1.29, 1.82) is 0 Å². The average molecular weight is 256 g/mol. The van der Waals surface area contributed by atoms with Gasteiger partial charge in [0.15, 0.2) is 5.82 Å². The molecule has 0 bridgehead atoms. The van der Waals surface area contributed by atoms with Gasteiger partial charge in [0.05, 0.1) is 6.20 Å². The first-order valence-corrected chi connectivity index (χ1v) is 5.78. The van der Waals surface area contributed by atoms with E-state index in [1.54, 1.807) is 17.8 Å². The summed E-state index contributed by atoms with van der Waals surface area (Å²) >= 11 is 0.